The molecule has 0 saturated carbocycles. The first-order valence-electron chi connectivity index (χ1n) is 14.4. The Morgan fingerprint density at radius 1 is 0.381 bits per heavy atom. The number of anilines is 3. The monoisotopic (exact) mass is 551 g/mol. The van der Waals surface area contributed by atoms with Crippen molar-refractivity contribution >= 4 is 91.7 Å². The molecule has 0 aliphatic heterocycles. The summed E-state index contributed by atoms with van der Waals surface area (Å²) in [5.74, 6) is 0. The first-order valence-corrected chi connectivity index (χ1v) is 15.2. The van der Waals surface area contributed by atoms with Crippen molar-refractivity contribution in [3.8, 4) is 0 Å². The van der Waals surface area contributed by atoms with E-state index in [1.807, 2.05) is 11.3 Å². The molecule has 1 heterocycles. The van der Waals surface area contributed by atoms with Crippen LogP contribution in [0.25, 0.3) is 63.3 Å². The van der Waals surface area contributed by atoms with Crippen molar-refractivity contribution < 1.29 is 0 Å². The molecule has 42 heavy (non-hydrogen) atoms. The van der Waals surface area contributed by atoms with Gasteiger partial charge in [0.15, 0.2) is 0 Å². The van der Waals surface area contributed by atoms with E-state index in [2.05, 4.69) is 157 Å². The molecular formula is C40H25NS. The van der Waals surface area contributed by atoms with E-state index < -0.39 is 0 Å². The molecule has 0 unspecified atom stereocenters. The summed E-state index contributed by atoms with van der Waals surface area (Å²) < 4.78 is 2.62. The second-order valence-electron chi connectivity index (χ2n) is 10.9. The molecule has 0 saturated heterocycles. The Bertz CT molecular complexity index is 2470. The van der Waals surface area contributed by atoms with Crippen LogP contribution in [0.4, 0.5) is 17.1 Å². The first kappa shape index (κ1) is 23.5. The van der Waals surface area contributed by atoms with Gasteiger partial charge < -0.3 is 4.90 Å². The van der Waals surface area contributed by atoms with Crippen LogP contribution < -0.4 is 4.90 Å². The summed E-state index contributed by atoms with van der Waals surface area (Å²) in [5.41, 5.74) is 3.55. The molecule has 0 bridgehead atoms. The highest BCUT2D eigenvalue weighted by Crippen LogP contribution is 2.50. The molecule has 0 amide bonds. The third-order valence-electron chi connectivity index (χ3n) is 8.58. The maximum Gasteiger partial charge on any atom is 0.0647 e. The number of hydrogen-bond acceptors (Lipinski definition) is 2. The van der Waals surface area contributed by atoms with Crippen LogP contribution in [0, 0.1) is 0 Å². The van der Waals surface area contributed by atoms with Crippen molar-refractivity contribution in [1.29, 1.82) is 0 Å². The third-order valence-corrected chi connectivity index (χ3v) is 9.77. The van der Waals surface area contributed by atoms with Crippen LogP contribution in [-0.2, 0) is 0 Å². The fourth-order valence-electron chi connectivity index (χ4n) is 6.74. The normalized spacial score (nSPS) is 11.8. The van der Waals surface area contributed by atoms with E-state index in [1.54, 1.807) is 0 Å². The number of fused-ring (bicyclic) bond motifs is 10. The molecule has 0 spiro atoms. The quantitative estimate of drug-likeness (QED) is 0.197. The van der Waals surface area contributed by atoms with E-state index in [4.69, 9.17) is 0 Å². The maximum absolute atomic E-state index is 2.51. The van der Waals surface area contributed by atoms with Crippen molar-refractivity contribution in [2.75, 3.05) is 4.90 Å². The second kappa shape index (κ2) is 9.17. The van der Waals surface area contributed by atoms with Crippen molar-refractivity contribution in [3.05, 3.63) is 152 Å². The lowest BCUT2D eigenvalue weighted by Gasteiger charge is -2.29. The summed E-state index contributed by atoms with van der Waals surface area (Å²) in [6.45, 7) is 0. The van der Waals surface area contributed by atoms with E-state index in [1.165, 1.54) is 74.6 Å². The Morgan fingerprint density at radius 2 is 0.952 bits per heavy atom. The van der Waals surface area contributed by atoms with Crippen molar-refractivity contribution in [1.82, 2.24) is 0 Å². The second-order valence-corrected chi connectivity index (χ2v) is 12.0. The van der Waals surface area contributed by atoms with Gasteiger partial charge >= 0.3 is 0 Å². The van der Waals surface area contributed by atoms with E-state index in [9.17, 15) is 0 Å². The van der Waals surface area contributed by atoms with Crippen molar-refractivity contribution in [2.24, 2.45) is 0 Å². The predicted molar refractivity (Wildman–Crippen MR) is 184 cm³/mol. The fraction of sp³-hybridized carbons (Fsp3) is 0. The average molecular weight is 552 g/mol. The summed E-state index contributed by atoms with van der Waals surface area (Å²) in [4.78, 5) is 2.51. The van der Waals surface area contributed by atoms with Crippen LogP contribution in [0.15, 0.2) is 152 Å². The average Bonchev–Trinajstić information content (AvgIpc) is 3.45. The zero-order valence-corrected chi connectivity index (χ0v) is 23.6. The molecule has 2 heteroatoms. The van der Waals surface area contributed by atoms with Gasteiger partial charge in [-0.3, -0.25) is 0 Å². The lowest BCUT2D eigenvalue weighted by molar-refractivity contribution is 1.33. The van der Waals surface area contributed by atoms with E-state index in [0.29, 0.717) is 0 Å². The van der Waals surface area contributed by atoms with Crippen LogP contribution in [0.5, 0.6) is 0 Å². The number of benzene rings is 8. The van der Waals surface area contributed by atoms with Gasteiger partial charge in [0.25, 0.3) is 0 Å². The zero-order chi connectivity index (χ0) is 27.6. The minimum atomic E-state index is 1.15. The molecule has 9 aromatic rings. The number of rotatable bonds is 3. The summed E-state index contributed by atoms with van der Waals surface area (Å²) in [6, 6.07) is 55.5. The standard InChI is InChI=1S/C40H25NS/c1-2-15-29(16-3-1)41(36-25-28-14-6-9-19-32(28)39-34-20-10-11-21-37(34)42-40(36)39)35-24-27-13-5-7-17-30(27)33-23-22-26-12-4-8-18-31(26)38(33)35/h1-25H. The molecule has 0 atom stereocenters. The van der Waals surface area contributed by atoms with Gasteiger partial charge in [-0.15, -0.1) is 11.3 Å². The maximum atomic E-state index is 2.51. The Hall–Kier alpha value is -5.18. The smallest absolute Gasteiger partial charge is 0.0647 e. The van der Waals surface area contributed by atoms with Crippen LogP contribution in [0.1, 0.15) is 0 Å². The Morgan fingerprint density at radius 3 is 1.74 bits per heavy atom. The van der Waals surface area contributed by atoms with Gasteiger partial charge in [0, 0.05) is 26.5 Å². The van der Waals surface area contributed by atoms with Crippen molar-refractivity contribution in [3.63, 3.8) is 0 Å². The Labute approximate surface area is 247 Å². The summed E-state index contributed by atoms with van der Waals surface area (Å²) in [5, 5.41) is 12.8. The van der Waals surface area contributed by atoms with E-state index in [-0.39, 0.29) is 0 Å². The van der Waals surface area contributed by atoms with Gasteiger partial charge in [-0.1, -0.05) is 121 Å². The third kappa shape index (κ3) is 3.43. The lowest BCUT2D eigenvalue weighted by Crippen LogP contribution is -2.11. The predicted octanol–water partition coefficient (Wildman–Crippen LogP) is 12.1. The highest BCUT2D eigenvalue weighted by Gasteiger charge is 2.23. The molecule has 1 aromatic heterocycles. The highest BCUT2D eigenvalue weighted by atomic mass is 32.1. The minimum absolute atomic E-state index is 1.15. The molecule has 0 fully saturated rings. The lowest BCUT2D eigenvalue weighted by atomic mass is 9.94. The van der Waals surface area contributed by atoms with Gasteiger partial charge in [-0.2, -0.15) is 0 Å². The zero-order valence-electron chi connectivity index (χ0n) is 22.8. The fourth-order valence-corrected chi connectivity index (χ4v) is 7.97. The molecule has 0 aliphatic carbocycles. The number of thiophene rings is 1. The van der Waals surface area contributed by atoms with Crippen LogP contribution in [0.3, 0.4) is 0 Å². The highest BCUT2D eigenvalue weighted by molar-refractivity contribution is 7.26. The molecule has 196 valence electrons. The summed E-state index contributed by atoms with van der Waals surface area (Å²) in [7, 11) is 0. The topological polar surface area (TPSA) is 3.24 Å². The summed E-state index contributed by atoms with van der Waals surface area (Å²) in [6.07, 6.45) is 0. The molecule has 0 aliphatic rings. The van der Waals surface area contributed by atoms with Gasteiger partial charge in [0.2, 0.25) is 0 Å². The molecule has 9 rings (SSSR count). The van der Waals surface area contributed by atoms with Crippen LogP contribution >= 0.6 is 11.3 Å². The largest absolute Gasteiger partial charge is 0.308 e. The van der Waals surface area contributed by atoms with E-state index in [0.717, 1.165) is 5.69 Å². The Balaban J connectivity index is 1.51. The molecule has 0 N–H and O–H groups in total. The van der Waals surface area contributed by atoms with Crippen LogP contribution in [-0.4, -0.2) is 0 Å². The SMILES string of the molecule is c1ccc(N(c2cc3ccccc3c3c2sc2ccccc23)c2cc3ccccc3c3ccc4ccccc4c23)cc1. The molecular weight excluding hydrogens is 527 g/mol. The van der Waals surface area contributed by atoms with E-state index >= 15 is 0 Å². The van der Waals surface area contributed by atoms with Gasteiger partial charge in [0.1, 0.15) is 0 Å². The van der Waals surface area contributed by atoms with Gasteiger partial charge in [-0.25, -0.2) is 0 Å². The minimum Gasteiger partial charge on any atom is -0.308 e. The molecule has 8 aromatic carbocycles. The first-order chi connectivity index (χ1) is 20.8. The van der Waals surface area contributed by atoms with Crippen LogP contribution in [0.2, 0.25) is 0 Å². The van der Waals surface area contributed by atoms with Gasteiger partial charge in [-0.05, 0) is 68.0 Å². The Kier molecular flexibility index (Phi) is 5.13. The van der Waals surface area contributed by atoms with Gasteiger partial charge in [0.05, 0.1) is 16.1 Å². The molecule has 0 radical (unpaired) electrons. The molecule has 1 nitrogen and oxygen atoms in total. The van der Waals surface area contributed by atoms with Crippen molar-refractivity contribution in [2.45, 2.75) is 0 Å². The number of para-hydroxylation sites is 1. The summed E-state index contributed by atoms with van der Waals surface area (Å²) >= 11 is 1.89. The number of hydrogen-bond donors (Lipinski definition) is 0. The number of nitrogens with zero attached hydrogens (tertiary/aromatic N) is 1.